The third-order valence-corrected chi connectivity index (χ3v) is 6.51. The molecule has 2 heterocycles. The largest absolute Gasteiger partial charge is 0.497 e. The Hall–Kier alpha value is -2.61. The fraction of sp³-hybridized carbons (Fsp3) is 0.609. The number of hydrogen-bond acceptors (Lipinski definition) is 7. The third kappa shape index (κ3) is 5.01. The number of rotatable bonds is 7. The van der Waals surface area contributed by atoms with Crippen LogP contribution in [0.2, 0.25) is 0 Å². The minimum absolute atomic E-state index is 0.116. The zero-order valence-electron chi connectivity index (χ0n) is 18.7. The second-order valence-corrected chi connectivity index (χ2v) is 8.61. The van der Waals surface area contributed by atoms with Gasteiger partial charge in [0.25, 0.3) is 5.91 Å². The maximum Gasteiger partial charge on any atom is 0.257 e. The molecule has 0 unspecified atom stereocenters. The van der Waals surface area contributed by atoms with E-state index in [1.807, 2.05) is 19.1 Å². The average Bonchev–Trinajstić information content (AvgIpc) is 3.46. The predicted molar refractivity (Wildman–Crippen MR) is 115 cm³/mol. The number of ether oxygens (including phenoxy) is 2. The average molecular weight is 429 g/mol. The molecule has 8 heteroatoms. The summed E-state index contributed by atoms with van der Waals surface area (Å²) < 4.78 is 16.5. The van der Waals surface area contributed by atoms with Crippen molar-refractivity contribution < 1.29 is 18.9 Å². The van der Waals surface area contributed by atoms with Gasteiger partial charge >= 0.3 is 0 Å². The van der Waals surface area contributed by atoms with Crippen molar-refractivity contribution in [2.75, 3.05) is 27.2 Å². The van der Waals surface area contributed by atoms with Crippen molar-refractivity contribution in [2.24, 2.45) is 0 Å². The summed E-state index contributed by atoms with van der Waals surface area (Å²) in [6.45, 7) is 4.24. The van der Waals surface area contributed by atoms with Gasteiger partial charge in [-0.05, 0) is 50.8 Å². The molecule has 1 amide bonds. The van der Waals surface area contributed by atoms with Crippen LogP contribution in [0.25, 0.3) is 0 Å². The Morgan fingerprint density at radius 2 is 1.94 bits per heavy atom. The van der Waals surface area contributed by atoms with E-state index in [0.29, 0.717) is 35.0 Å². The van der Waals surface area contributed by atoms with Crippen LogP contribution in [0.5, 0.6) is 11.5 Å². The number of aryl methyl sites for hydroxylation is 1. The highest BCUT2D eigenvalue weighted by Gasteiger charge is 2.29. The minimum atomic E-state index is -0.153. The van der Waals surface area contributed by atoms with Gasteiger partial charge in [0.1, 0.15) is 29.0 Å². The number of aromatic nitrogens is 2. The smallest absolute Gasteiger partial charge is 0.257 e. The molecular weight excluding hydrogens is 396 g/mol. The van der Waals surface area contributed by atoms with Crippen LogP contribution in [0.15, 0.2) is 22.8 Å². The lowest BCUT2D eigenvalue weighted by atomic mass is 10.0. The zero-order chi connectivity index (χ0) is 21.8. The normalized spacial score (nSPS) is 18.3. The van der Waals surface area contributed by atoms with E-state index in [0.717, 1.165) is 32.0 Å². The molecule has 2 aliphatic rings. The van der Waals surface area contributed by atoms with E-state index >= 15 is 0 Å². The topological polar surface area (TPSA) is 80.9 Å². The van der Waals surface area contributed by atoms with Crippen molar-refractivity contribution in [2.45, 2.75) is 64.1 Å². The van der Waals surface area contributed by atoms with Crippen LogP contribution in [-0.4, -0.2) is 65.4 Å². The molecular formula is C23H32N4O4. The molecule has 8 nitrogen and oxygen atoms in total. The van der Waals surface area contributed by atoms with Crippen LogP contribution >= 0.6 is 0 Å². The second-order valence-electron chi connectivity index (χ2n) is 8.61. The lowest BCUT2D eigenvalue weighted by Crippen LogP contribution is -2.43. The van der Waals surface area contributed by atoms with E-state index in [2.05, 4.69) is 15.2 Å². The molecule has 2 aromatic rings. The van der Waals surface area contributed by atoms with Crippen molar-refractivity contribution in [1.82, 2.24) is 20.1 Å². The summed E-state index contributed by atoms with van der Waals surface area (Å²) in [5, 5.41) is 7.67. The van der Waals surface area contributed by atoms with Crippen LogP contribution in [0, 0.1) is 6.92 Å². The molecule has 1 aliphatic carbocycles. The van der Waals surface area contributed by atoms with Crippen molar-refractivity contribution in [3.05, 3.63) is 35.2 Å². The van der Waals surface area contributed by atoms with E-state index in [1.54, 1.807) is 25.1 Å². The van der Waals surface area contributed by atoms with Gasteiger partial charge in [-0.25, -0.2) is 4.63 Å². The number of carbonyl (C=O) groups is 1. The first-order valence-corrected chi connectivity index (χ1v) is 11.2. The van der Waals surface area contributed by atoms with E-state index < -0.39 is 0 Å². The van der Waals surface area contributed by atoms with Crippen molar-refractivity contribution in [3.8, 4) is 11.5 Å². The second kappa shape index (κ2) is 9.68. The highest BCUT2D eigenvalue weighted by Crippen LogP contribution is 2.30. The molecule has 0 spiro atoms. The highest BCUT2D eigenvalue weighted by atomic mass is 16.6. The number of carbonyl (C=O) groups excluding carboxylic acids is 1. The summed E-state index contributed by atoms with van der Waals surface area (Å²) in [7, 11) is 3.33. The Morgan fingerprint density at radius 3 is 2.58 bits per heavy atom. The summed E-state index contributed by atoms with van der Waals surface area (Å²) in [5.41, 5.74) is 1.81. The lowest BCUT2D eigenvalue weighted by Gasteiger charge is -2.36. The number of piperidine rings is 1. The standard InChI is InChI=1S/C23H32N4O4/c1-16-21(25-31-24-16)15-26(2)23(28)20-14-19(29-3)8-9-22(20)30-18-10-12-27(13-11-18)17-6-4-5-7-17/h8-9,14,17-18H,4-7,10-13,15H2,1-3H3. The van der Waals surface area contributed by atoms with E-state index in [1.165, 1.54) is 25.7 Å². The van der Waals surface area contributed by atoms with Crippen LogP contribution in [0.1, 0.15) is 60.3 Å². The number of likely N-dealkylation sites (tertiary alicyclic amines) is 1. The fourth-order valence-electron chi connectivity index (χ4n) is 4.61. The molecule has 0 atom stereocenters. The van der Waals surface area contributed by atoms with Gasteiger partial charge in [-0.1, -0.05) is 23.2 Å². The first kappa shape index (κ1) is 21.6. The minimum Gasteiger partial charge on any atom is -0.497 e. The Bertz CT molecular complexity index is 885. The molecule has 2 fully saturated rings. The number of hydrogen-bond donors (Lipinski definition) is 0. The Kier molecular flexibility index (Phi) is 6.75. The monoisotopic (exact) mass is 428 g/mol. The van der Waals surface area contributed by atoms with E-state index in [4.69, 9.17) is 14.1 Å². The fourth-order valence-corrected chi connectivity index (χ4v) is 4.61. The summed E-state index contributed by atoms with van der Waals surface area (Å²) in [4.78, 5) is 17.5. The Morgan fingerprint density at radius 1 is 1.19 bits per heavy atom. The van der Waals surface area contributed by atoms with Crippen LogP contribution in [0.3, 0.4) is 0 Å². The molecule has 0 N–H and O–H groups in total. The SMILES string of the molecule is COc1ccc(OC2CCN(C3CCCC3)CC2)c(C(=O)N(C)Cc2nonc2C)c1. The van der Waals surface area contributed by atoms with Crippen molar-refractivity contribution in [3.63, 3.8) is 0 Å². The van der Waals surface area contributed by atoms with Gasteiger partial charge in [0.15, 0.2) is 0 Å². The number of benzene rings is 1. The van der Waals surface area contributed by atoms with Gasteiger partial charge in [-0.15, -0.1) is 0 Å². The molecule has 1 aromatic carbocycles. The van der Waals surface area contributed by atoms with E-state index in [9.17, 15) is 4.79 Å². The molecule has 1 aliphatic heterocycles. The number of amides is 1. The Labute approximate surface area is 183 Å². The maximum absolute atomic E-state index is 13.2. The molecule has 0 bridgehead atoms. The lowest BCUT2D eigenvalue weighted by molar-refractivity contribution is 0.0707. The molecule has 1 saturated heterocycles. The van der Waals surface area contributed by atoms with Crippen molar-refractivity contribution >= 4 is 5.91 Å². The summed E-state index contributed by atoms with van der Waals surface area (Å²) in [6.07, 6.45) is 7.45. The molecule has 4 rings (SSSR count). The summed E-state index contributed by atoms with van der Waals surface area (Å²) in [5.74, 6) is 1.08. The predicted octanol–water partition coefficient (Wildman–Crippen LogP) is 3.44. The zero-order valence-corrected chi connectivity index (χ0v) is 18.7. The molecule has 0 radical (unpaired) electrons. The quantitative estimate of drug-likeness (QED) is 0.668. The number of methoxy groups -OCH3 is 1. The molecule has 31 heavy (non-hydrogen) atoms. The first-order chi connectivity index (χ1) is 15.0. The van der Waals surface area contributed by atoms with Gasteiger partial charge in [0.05, 0.1) is 19.2 Å². The summed E-state index contributed by atoms with van der Waals surface area (Å²) in [6, 6.07) is 6.18. The van der Waals surface area contributed by atoms with Gasteiger partial charge in [-0.3, -0.25) is 4.79 Å². The van der Waals surface area contributed by atoms with Crippen LogP contribution < -0.4 is 9.47 Å². The van der Waals surface area contributed by atoms with Gasteiger partial charge < -0.3 is 19.3 Å². The molecule has 1 saturated carbocycles. The maximum atomic E-state index is 13.2. The van der Waals surface area contributed by atoms with Gasteiger partial charge in [0, 0.05) is 26.2 Å². The highest BCUT2D eigenvalue weighted by molar-refractivity contribution is 5.97. The number of nitrogens with zero attached hydrogens (tertiary/aromatic N) is 4. The molecule has 1 aromatic heterocycles. The van der Waals surface area contributed by atoms with Gasteiger partial charge in [0.2, 0.25) is 0 Å². The first-order valence-electron chi connectivity index (χ1n) is 11.2. The third-order valence-electron chi connectivity index (χ3n) is 6.51. The van der Waals surface area contributed by atoms with Crippen LogP contribution in [-0.2, 0) is 6.54 Å². The molecule has 168 valence electrons. The van der Waals surface area contributed by atoms with Crippen LogP contribution in [0.4, 0.5) is 0 Å². The Balaban J connectivity index is 1.44. The van der Waals surface area contributed by atoms with E-state index in [-0.39, 0.29) is 12.0 Å². The van der Waals surface area contributed by atoms with Crippen molar-refractivity contribution in [1.29, 1.82) is 0 Å². The summed E-state index contributed by atoms with van der Waals surface area (Å²) >= 11 is 0. The van der Waals surface area contributed by atoms with Gasteiger partial charge in [-0.2, -0.15) is 0 Å².